The van der Waals surface area contributed by atoms with E-state index in [1.807, 2.05) is 0 Å². The first-order valence-electron chi connectivity index (χ1n) is 7.68. The predicted molar refractivity (Wildman–Crippen MR) is 88.1 cm³/mol. The summed E-state index contributed by atoms with van der Waals surface area (Å²) in [6.45, 7) is 0.315. The second-order valence-electron chi connectivity index (χ2n) is 5.89. The van der Waals surface area contributed by atoms with Gasteiger partial charge in [-0.1, -0.05) is 0 Å². The Bertz CT molecular complexity index is 722. The van der Waals surface area contributed by atoms with Gasteiger partial charge in [-0.05, 0) is 24.3 Å². The van der Waals surface area contributed by atoms with Crippen LogP contribution in [-0.2, 0) is 24.2 Å². The van der Waals surface area contributed by atoms with Crippen LogP contribution in [0.1, 0.15) is 0 Å². The van der Waals surface area contributed by atoms with Crippen molar-refractivity contribution in [1.82, 2.24) is 4.72 Å². The molecule has 0 radical (unpaired) electrons. The Morgan fingerprint density at radius 2 is 1.84 bits per heavy atom. The lowest BCUT2D eigenvalue weighted by molar-refractivity contribution is 0.00884. The second kappa shape index (κ2) is 7.16. The molecule has 9 nitrogen and oxygen atoms in total. The number of nitrogens with one attached hydrogen (secondary N) is 2. The van der Waals surface area contributed by atoms with Crippen LogP contribution < -0.4 is 14.8 Å². The van der Waals surface area contributed by atoms with Gasteiger partial charge < -0.3 is 18.9 Å². The fourth-order valence-electron chi connectivity index (χ4n) is 2.90. The molecule has 2 N–H and O–H groups in total. The molecule has 0 aromatic heterocycles. The second-order valence-corrected chi connectivity index (χ2v) is 7.67. The quantitative estimate of drug-likeness (QED) is 0.766. The minimum Gasteiger partial charge on any atom is -0.497 e. The number of carbonyl (C=O) groups excluding carboxylic acids is 1. The molecule has 25 heavy (non-hydrogen) atoms. The molecule has 0 saturated carbocycles. The number of rotatable bonds is 5. The van der Waals surface area contributed by atoms with Gasteiger partial charge >= 0.3 is 6.09 Å². The number of hydrogen-bond acceptors (Lipinski definition) is 7. The van der Waals surface area contributed by atoms with Crippen molar-refractivity contribution in [2.45, 2.75) is 24.4 Å². The van der Waals surface area contributed by atoms with Crippen LogP contribution in [0.4, 0.5) is 10.5 Å². The molecule has 138 valence electrons. The highest BCUT2D eigenvalue weighted by Crippen LogP contribution is 2.29. The van der Waals surface area contributed by atoms with Crippen molar-refractivity contribution < 1.29 is 32.2 Å². The zero-order valence-electron chi connectivity index (χ0n) is 13.8. The molecular weight excluding hydrogens is 352 g/mol. The van der Waals surface area contributed by atoms with E-state index in [-0.39, 0.29) is 13.2 Å². The van der Waals surface area contributed by atoms with Gasteiger partial charge in [-0.3, -0.25) is 5.32 Å². The van der Waals surface area contributed by atoms with Gasteiger partial charge in [0.2, 0.25) is 10.0 Å². The van der Waals surface area contributed by atoms with Gasteiger partial charge in [0.25, 0.3) is 0 Å². The first-order chi connectivity index (χ1) is 11.9. The number of sulfonamides is 1. The van der Waals surface area contributed by atoms with Crippen molar-refractivity contribution in [3.63, 3.8) is 0 Å². The molecule has 10 heteroatoms. The van der Waals surface area contributed by atoms with Gasteiger partial charge in [-0.15, -0.1) is 0 Å². The normalized spacial score (nSPS) is 28.4. The summed E-state index contributed by atoms with van der Waals surface area (Å²) < 4.78 is 46.7. The van der Waals surface area contributed by atoms with Crippen LogP contribution in [-0.4, -0.2) is 65.4 Å². The van der Waals surface area contributed by atoms with Crippen molar-refractivity contribution in [3.8, 4) is 5.75 Å². The van der Waals surface area contributed by atoms with E-state index in [2.05, 4.69) is 10.0 Å². The molecule has 3 rings (SSSR count). The zero-order valence-corrected chi connectivity index (χ0v) is 14.6. The lowest BCUT2D eigenvalue weighted by atomic mass is 10.1. The zero-order chi connectivity index (χ0) is 18.0. The average Bonchev–Trinajstić information content (AvgIpc) is 3.11. The molecular formula is C15H20N2O7S. The Kier molecular flexibility index (Phi) is 5.13. The van der Waals surface area contributed by atoms with Crippen LogP contribution in [0, 0.1) is 0 Å². The molecule has 2 saturated heterocycles. The van der Waals surface area contributed by atoms with Crippen LogP contribution in [0.5, 0.6) is 5.75 Å². The van der Waals surface area contributed by atoms with E-state index in [0.29, 0.717) is 11.4 Å². The molecule has 0 aliphatic carbocycles. The number of carbonyl (C=O) groups is 1. The van der Waals surface area contributed by atoms with Crippen molar-refractivity contribution in [2.75, 3.05) is 31.9 Å². The third-order valence-corrected chi connectivity index (χ3v) is 4.70. The Morgan fingerprint density at radius 1 is 1.16 bits per heavy atom. The maximum atomic E-state index is 12.0. The van der Waals surface area contributed by atoms with Crippen LogP contribution in [0.25, 0.3) is 0 Å². The van der Waals surface area contributed by atoms with Gasteiger partial charge in [0.15, 0.2) is 6.10 Å². The Morgan fingerprint density at radius 3 is 2.48 bits per heavy atom. The highest BCUT2D eigenvalue weighted by atomic mass is 32.2. The number of benzene rings is 1. The van der Waals surface area contributed by atoms with Gasteiger partial charge in [-0.2, -0.15) is 0 Å². The largest absolute Gasteiger partial charge is 0.497 e. The smallest absolute Gasteiger partial charge is 0.412 e. The fourth-order valence-corrected chi connectivity index (χ4v) is 3.65. The van der Waals surface area contributed by atoms with Crippen LogP contribution in [0.3, 0.4) is 0 Å². The summed E-state index contributed by atoms with van der Waals surface area (Å²) in [4.78, 5) is 12.0. The minimum atomic E-state index is -3.37. The average molecular weight is 372 g/mol. The summed E-state index contributed by atoms with van der Waals surface area (Å²) in [5, 5.41) is 2.61. The Hall–Kier alpha value is -1.88. The van der Waals surface area contributed by atoms with Crippen LogP contribution >= 0.6 is 0 Å². The third kappa shape index (κ3) is 4.40. The summed E-state index contributed by atoms with van der Waals surface area (Å²) in [6, 6.07) is 6.31. The van der Waals surface area contributed by atoms with Crippen molar-refractivity contribution in [3.05, 3.63) is 24.3 Å². The third-order valence-electron chi connectivity index (χ3n) is 3.97. The number of ether oxygens (including phenoxy) is 4. The molecule has 4 unspecified atom stereocenters. The molecule has 2 aliphatic heterocycles. The molecule has 4 atom stereocenters. The van der Waals surface area contributed by atoms with Gasteiger partial charge in [0, 0.05) is 5.69 Å². The molecule has 2 aliphatic rings. The van der Waals surface area contributed by atoms with Crippen LogP contribution in [0.15, 0.2) is 24.3 Å². The summed E-state index contributed by atoms with van der Waals surface area (Å²) >= 11 is 0. The minimum absolute atomic E-state index is 0.146. The van der Waals surface area contributed by atoms with E-state index in [1.165, 1.54) is 0 Å². The SMILES string of the molecule is COc1ccc(NC(=O)OC2COC3C(NS(C)(=O)=O)COC23)cc1. The predicted octanol–water partition coefficient (Wildman–Crippen LogP) is 0.328. The Labute approximate surface area is 145 Å². The molecule has 2 fully saturated rings. The van der Waals surface area contributed by atoms with E-state index < -0.39 is 40.5 Å². The lowest BCUT2D eigenvalue weighted by Crippen LogP contribution is -2.44. The van der Waals surface area contributed by atoms with E-state index in [0.717, 1.165) is 6.26 Å². The van der Waals surface area contributed by atoms with E-state index in [1.54, 1.807) is 31.4 Å². The summed E-state index contributed by atoms with van der Waals surface area (Å²) in [6.07, 6.45) is -1.14. The van der Waals surface area contributed by atoms with Crippen molar-refractivity contribution in [1.29, 1.82) is 0 Å². The Balaban J connectivity index is 1.54. The van der Waals surface area contributed by atoms with E-state index in [9.17, 15) is 13.2 Å². The molecule has 1 aromatic rings. The number of hydrogen-bond donors (Lipinski definition) is 2. The molecule has 0 spiro atoms. The highest BCUT2D eigenvalue weighted by molar-refractivity contribution is 7.88. The van der Waals surface area contributed by atoms with E-state index >= 15 is 0 Å². The fraction of sp³-hybridized carbons (Fsp3) is 0.533. The van der Waals surface area contributed by atoms with Gasteiger partial charge in [0.1, 0.15) is 18.0 Å². The maximum absolute atomic E-state index is 12.0. The molecule has 0 bridgehead atoms. The molecule has 2 heterocycles. The standard InChI is InChI=1S/C15H20N2O7S/c1-21-10-5-3-9(4-6-10)16-15(18)24-12-8-23-13-11(7-22-14(12)13)17-25(2,19)20/h3-6,11-14,17H,7-8H2,1-2H3,(H,16,18). The number of methoxy groups -OCH3 is 1. The topological polar surface area (TPSA) is 112 Å². The molecule has 1 amide bonds. The monoisotopic (exact) mass is 372 g/mol. The first kappa shape index (κ1) is 17.9. The van der Waals surface area contributed by atoms with Crippen molar-refractivity contribution >= 4 is 21.8 Å². The highest BCUT2D eigenvalue weighted by Gasteiger charge is 2.50. The summed E-state index contributed by atoms with van der Waals surface area (Å²) in [5.41, 5.74) is 0.560. The molecule has 1 aromatic carbocycles. The van der Waals surface area contributed by atoms with E-state index in [4.69, 9.17) is 18.9 Å². The number of amides is 1. The summed E-state index contributed by atoms with van der Waals surface area (Å²) in [7, 11) is -1.82. The van der Waals surface area contributed by atoms with Crippen molar-refractivity contribution in [2.24, 2.45) is 0 Å². The number of anilines is 1. The number of fused-ring (bicyclic) bond motifs is 1. The maximum Gasteiger partial charge on any atom is 0.412 e. The van der Waals surface area contributed by atoms with Crippen LogP contribution in [0.2, 0.25) is 0 Å². The lowest BCUT2D eigenvalue weighted by Gasteiger charge is -2.17. The first-order valence-corrected chi connectivity index (χ1v) is 9.57. The van der Waals surface area contributed by atoms with Gasteiger partial charge in [-0.25, -0.2) is 17.9 Å². The summed E-state index contributed by atoms with van der Waals surface area (Å²) in [5.74, 6) is 0.676. The van der Waals surface area contributed by atoms with Gasteiger partial charge in [0.05, 0.1) is 32.6 Å².